The minimum atomic E-state index is -0.366. The van der Waals surface area contributed by atoms with Crippen LogP contribution in [-0.2, 0) is 9.59 Å². The van der Waals surface area contributed by atoms with Gasteiger partial charge in [-0.15, -0.1) is 0 Å². The Kier molecular flexibility index (Phi) is 5.30. The SMILES string of the molecule is CC(=O)N(C)c1ccc(OCC(=O)Nc2ccc(F)cc2)cc1. The molecule has 0 atom stereocenters. The number of halogens is 1. The number of anilines is 2. The Balaban J connectivity index is 1.86. The molecular formula is C17H17FN2O3. The highest BCUT2D eigenvalue weighted by atomic mass is 19.1. The Morgan fingerprint density at radius 1 is 1.09 bits per heavy atom. The molecule has 2 aromatic rings. The number of nitrogens with one attached hydrogen (secondary N) is 1. The fourth-order valence-electron chi connectivity index (χ4n) is 1.83. The monoisotopic (exact) mass is 316 g/mol. The second-order valence-electron chi connectivity index (χ2n) is 4.92. The molecule has 0 aromatic heterocycles. The molecule has 0 saturated carbocycles. The number of hydrogen-bond donors (Lipinski definition) is 1. The van der Waals surface area contributed by atoms with Crippen LogP contribution in [0.1, 0.15) is 6.92 Å². The molecule has 120 valence electrons. The van der Waals surface area contributed by atoms with E-state index >= 15 is 0 Å². The number of rotatable bonds is 5. The molecule has 2 amide bonds. The first-order valence-electron chi connectivity index (χ1n) is 6.98. The van der Waals surface area contributed by atoms with Gasteiger partial charge in [0.15, 0.2) is 6.61 Å². The van der Waals surface area contributed by atoms with Crippen LogP contribution in [-0.4, -0.2) is 25.5 Å². The lowest BCUT2D eigenvalue weighted by molar-refractivity contribution is -0.118. The molecule has 0 bridgehead atoms. The van der Waals surface area contributed by atoms with E-state index in [4.69, 9.17) is 4.74 Å². The highest BCUT2D eigenvalue weighted by Crippen LogP contribution is 2.18. The van der Waals surface area contributed by atoms with Gasteiger partial charge < -0.3 is 15.0 Å². The Hall–Kier alpha value is -2.89. The van der Waals surface area contributed by atoms with Crippen LogP contribution in [0, 0.1) is 5.82 Å². The molecule has 2 rings (SSSR count). The third-order valence-corrected chi connectivity index (χ3v) is 3.19. The normalized spacial score (nSPS) is 10.0. The fourth-order valence-corrected chi connectivity index (χ4v) is 1.83. The predicted octanol–water partition coefficient (Wildman–Crippen LogP) is 2.83. The second-order valence-corrected chi connectivity index (χ2v) is 4.92. The van der Waals surface area contributed by atoms with Gasteiger partial charge in [-0.2, -0.15) is 0 Å². The highest BCUT2D eigenvalue weighted by molar-refractivity contribution is 5.92. The maximum atomic E-state index is 12.8. The summed E-state index contributed by atoms with van der Waals surface area (Å²) in [5, 5.41) is 2.60. The highest BCUT2D eigenvalue weighted by Gasteiger charge is 2.07. The number of hydrogen-bond acceptors (Lipinski definition) is 3. The van der Waals surface area contributed by atoms with E-state index in [0.29, 0.717) is 11.4 Å². The lowest BCUT2D eigenvalue weighted by atomic mass is 10.3. The number of nitrogens with zero attached hydrogens (tertiary/aromatic N) is 1. The van der Waals surface area contributed by atoms with E-state index in [1.54, 1.807) is 31.3 Å². The molecule has 0 aliphatic heterocycles. The first-order valence-corrected chi connectivity index (χ1v) is 6.98. The summed E-state index contributed by atoms with van der Waals surface area (Å²) in [6.07, 6.45) is 0. The van der Waals surface area contributed by atoms with E-state index in [-0.39, 0.29) is 24.2 Å². The molecule has 0 unspecified atom stereocenters. The molecule has 5 nitrogen and oxygen atoms in total. The van der Waals surface area contributed by atoms with Crippen molar-refractivity contribution in [2.75, 3.05) is 23.9 Å². The van der Waals surface area contributed by atoms with Crippen LogP contribution in [0.5, 0.6) is 5.75 Å². The van der Waals surface area contributed by atoms with E-state index in [9.17, 15) is 14.0 Å². The van der Waals surface area contributed by atoms with Crippen LogP contribution >= 0.6 is 0 Å². The molecule has 0 aliphatic rings. The van der Waals surface area contributed by atoms with E-state index in [2.05, 4.69) is 5.32 Å². The van der Waals surface area contributed by atoms with Gasteiger partial charge >= 0.3 is 0 Å². The minimum Gasteiger partial charge on any atom is -0.484 e. The average Bonchev–Trinajstić information content (AvgIpc) is 2.55. The summed E-state index contributed by atoms with van der Waals surface area (Å²) in [7, 11) is 1.67. The van der Waals surface area contributed by atoms with E-state index in [1.165, 1.54) is 36.1 Å². The molecule has 23 heavy (non-hydrogen) atoms. The van der Waals surface area contributed by atoms with Crippen molar-refractivity contribution in [1.82, 2.24) is 0 Å². The number of ether oxygens (including phenoxy) is 1. The van der Waals surface area contributed by atoms with Gasteiger partial charge in [-0.05, 0) is 48.5 Å². The Morgan fingerprint density at radius 2 is 1.70 bits per heavy atom. The van der Waals surface area contributed by atoms with Crippen LogP contribution in [0.2, 0.25) is 0 Å². The maximum Gasteiger partial charge on any atom is 0.262 e. The van der Waals surface area contributed by atoms with Gasteiger partial charge in [-0.1, -0.05) is 0 Å². The Bertz CT molecular complexity index is 684. The van der Waals surface area contributed by atoms with E-state index in [1.807, 2.05) is 0 Å². The molecule has 0 heterocycles. The van der Waals surface area contributed by atoms with Crippen molar-refractivity contribution in [2.24, 2.45) is 0 Å². The molecule has 0 fully saturated rings. The molecule has 0 saturated heterocycles. The summed E-state index contributed by atoms with van der Waals surface area (Å²) in [5.41, 5.74) is 1.24. The van der Waals surface area contributed by atoms with Crippen LogP contribution in [0.15, 0.2) is 48.5 Å². The van der Waals surface area contributed by atoms with Crippen molar-refractivity contribution in [3.8, 4) is 5.75 Å². The lowest BCUT2D eigenvalue weighted by Crippen LogP contribution is -2.22. The molecule has 6 heteroatoms. The van der Waals surface area contributed by atoms with E-state index < -0.39 is 0 Å². The minimum absolute atomic E-state index is 0.0719. The predicted molar refractivity (Wildman–Crippen MR) is 86.1 cm³/mol. The van der Waals surface area contributed by atoms with Crippen molar-refractivity contribution < 1.29 is 18.7 Å². The zero-order valence-electron chi connectivity index (χ0n) is 12.9. The molecule has 2 aromatic carbocycles. The summed E-state index contributed by atoms with van der Waals surface area (Å²) in [6, 6.07) is 12.3. The van der Waals surface area contributed by atoms with E-state index in [0.717, 1.165) is 5.69 Å². The van der Waals surface area contributed by atoms with Crippen LogP contribution in [0.3, 0.4) is 0 Å². The van der Waals surface area contributed by atoms with Crippen molar-refractivity contribution >= 4 is 23.2 Å². The molecule has 1 N–H and O–H groups in total. The second kappa shape index (κ2) is 7.40. The first-order chi connectivity index (χ1) is 11.0. The van der Waals surface area contributed by atoms with Crippen molar-refractivity contribution in [3.05, 3.63) is 54.3 Å². The molecule has 0 aliphatic carbocycles. The van der Waals surface area contributed by atoms with Gasteiger partial charge in [0.05, 0.1) is 0 Å². The fraction of sp³-hybridized carbons (Fsp3) is 0.176. The standard InChI is InChI=1S/C17H17FN2O3/c1-12(21)20(2)15-7-9-16(10-8-15)23-11-17(22)19-14-5-3-13(18)4-6-14/h3-10H,11H2,1-2H3,(H,19,22). The number of benzene rings is 2. The van der Waals surface area contributed by atoms with Gasteiger partial charge in [0, 0.05) is 25.3 Å². The summed E-state index contributed by atoms with van der Waals surface area (Å²) in [6.45, 7) is 1.31. The van der Waals surface area contributed by atoms with Gasteiger partial charge in [-0.25, -0.2) is 4.39 Å². The molecule has 0 radical (unpaired) electrons. The van der Waals surface area contributed by atoms with Crippen molar-refractivity contribution in [3.63, 3.8) is 0 Å². The molecular weight excluding hydrogens is 299 g/mol. The first kappa shape index (κ1) is 16.5. The summed E-state index contributed by atoms with van der Waals surface area (Å²) >= 11 is 0. The van der Waals surface area contributed by atoms with Gasteiger partial charge in [0.25, 0.3) is 5.91 Å². The number of carbonyl (C=O) groups is 2. The summed E-state index contributed by atoms with van der Waals surface area (Å²) < 4.78 is 18.1. The van der Waals surface area contributed by atoms with Gasteiger partial charge in [0.2, 0.25) is 5.91 Å². The topological polar surface area (TPSA) is 58.6 Å². The number of amides is 2. The largest absolute Gasteiger partial charge is 0.484 e. The zero-order chi connectivity index (χ0) is 16.8. The van der Waals surface area contributed by atoms with Crippen LogP contribution < -0.4 is 15.0 Å². The summed E-state index contributed by atoms with van der Waals surface area (Å²) in [5.74, 6) is -0.270. The third-order valence-electron chi connectivity index (χ3n) is 3.19. The number of carbonyl (C=O) groups excluding carboxylic acids is 2. The zero-order valence-corrected chi connectivity index (χ0v) is 12.9. The lowest BCUT2D eigenvalue weighted by Gasteiger charge is -2.15. The quantitative estimate of drug-likeness (QED) is 0.923. The maximum absolute atomic E-state index is 12.8. The van der Waals surface area contributed by atoms with Gasteiger partial charge in [0.1, 0.15) is 11.6 Å². The summed E-state index contributed by atoms with van der Waals surface area (Å²) in [4.78, 5) is 24.5. The Labute approximate surface area is 133 Å². The van der Waals surface area contributed by atoms with Crippen molar-refractivity contribution in [2.45, 2.75) is 6.92 Å². The third kappa shape index (κ3) is 4.81. The smallest absolute Gasteiger partial charge is 0.262 e. The average molecular weight is 316 g/mol. The Morgan fingerprint density at radius 3 is 2.26 bits per heavy atom. The van der Waals surface area contributed by atoms with Gasteiger partial charge in [-0.3, -0.25) is 9.59 Å². The molecule has 0 spiro atoms. The van der Waals surface area contributed by atoms with Crippen molar-refractivity contribution in [1.29, 1.82) is 0 Å². The van der Waals surface area contributed by atoms with Crippen LogP contribution in [0.4, 0.5) is 15.8 Å². The van der Waals surface area contributed by atoms with Crippen LogP contribution in [0.25, 0.3) is 0 Å².